The van der Waals surface area contributed by atoms with Gasteiger partial charge < -0.3 is 15.0 Å². The number of hydrogen-bond donors (Lipinski definition) is 2. The van der Waals surface area contributed by atoms with Gasteiger partial charge in [-0.1, -0.05) is 30.3 Å². The Balaban J connectivity index is 1.67. The Bertz CT molecular complexity index is 1010. The number of amides is 1. The highest BCUT2D eigenvalue weighted by Gasteiger charge is 2.28. The van der Waals surface area contributed by atoms with Crippen LogP contribution in [0.3, 0.4) is 0 Å². The lowest BCUT2D eigenvalue weighted by atomic mass is 10.1. The van der Waals surface area contributed by atoms with Crippen LogP contribution in [0.25, 0.3) is 10.9 Å². The van der Waals surface area contributed by atoms with Gasteiger partial charge in [0, 0.05) is 23.5 Å². The first-order chi connectivity index (χ1) is 12.8. The van der Waals surface area contributed by atoms with Crippen molar-refractivity contribution in [3.05, 3.63) is 76.1 Å². The number of rotatable bonds is 5. The summed E-state index contributed by atoms with van der Waals surface area (Å²) in [5.74, 6) is -0.335. The lowest BCUT2D eigenvalue weighted by Crippen LogP contribution is -2.24. The van der Waals surface area contributed by atoms with Gasteiger partial charge in [0.25, 0.3) is 5.91 Å². The number of benzene rings is 2. The molecular formula is C19H15F3N2O3. The zero-order valence-electron chi connectivity index (χ0n) is 14.0. The zero-order valence-corrected chi connectivity index (χ0v) is 14.0. The van der Waals surface area contributed by atoms with E-state index in [4.69, 9.17) is 0 Å². The third-order valence-corrected chi connectivity index (χ3v) is 3.77. The minimum Gasteiger partial charge on any atom is -0.484 e. The van der Waals surface area contributed by atoms with Crippen LogP contribution in [0.1, 0.15) is 15.9 Å². The smallest absolute Gasteiger partial charge is 0.422 e. The highest BCUT2D eigenvalue weighted by molar-refractivity contribution is 6.05. The second-order valence-corrected chi connectivity index (χ2v) is 5.82. The number of carbonyl (C=O) groups excluding carboxylic acids is 1. The average molecular weight is 376 g/mol. The number of para-hydroxylation sites is 1. The number of H-pyrrole nitrogens is 1. The topological polar surface area (TPSA) is 71.2 Å². The zero-order chi connectivity index (χ0) is 19.4. The van der Waals surface area contributed by atoms with Gasteiger partial charge >= 0.3 is 6.18 Å². The molecule has 0 bridgehead atoms. The van der Waals surface area contributed by atoms with Crippen molar-refractivity contribution in [2.24, 2.45) is 0 Å². The molecule has 5 nitrogen and oxygen atoms in total. The molecule has 0 aliphatic heterocycles. The van der Waals surface area contributed by atoms with E-state index in [9.17, 15) is 22.8 Å². The van der Waals surface area contributed by atoms with Gasteiger partial charge in [-0.05, 0) is 23.8 Å². The fourth-order valence-electron chi connectivity index (χ4n) is 2.54. The van der Waals surface area contributed by atoms with E-state index in [1.54, 1.807) is 36.4 Å². The molecule has 1 aromatic heterocycles. The molecule has 0 unspecified atom stereocenters. The summed E-state index contributed by atoms with van der Waals surface area (Å²) in [4.78, 5) is 26.8. The van der Waals surface area contributed by atoms with Crippen LogP contribution in [-0.2, 0) is 6.54 Å². The summed E-state index contributed by atoms with van der Waals surface area (Å²) in [6.07, 6.45) is -4.40. The van der Waals surface area contributed by atoms with Gasteiger partial charge in [-0.25, -0.2) is 0 Å². The first-order valence-corrected chi connectivity index (χ1v) is 8.00. The van der Waals surface area contributed by atoms with Crippen molar-refractivity contribution in [2.45, 2.75) is 12.7 Å². The van der Waals surface area contributed by atoms with Crippen LogP contribution in [0.15, 0.2) is 59.4 Å². The number of pyridine rings is 1. The SMILES string of the molecule is O=C(NCc1ccc(OCC(F)(F)F)cc1)c1cc(=O)[nH]c2ccccc12. The van der Waals surface area contributed by atoms with Gasteiger partial charge in [-0.15, -0.1) is 0 Å². The lowest BCUT2D eigenvalue weighted by Gasteiger charge is -2.10. The van der Waals surface area contributed by atoms with Crippen molar-refractivity contribution >= 4 is 16.8 Å². The molecule has 2 aromatic carbocycles. The molecular weight excluding hydrogens is 361 g/mol. The Kier molecular flexibility index (Phi) is 5.16. The highest BCUT2D eigenvalue weighted by Crippen LogP contribution is 2.19. The van der Waals surface area contributed by atoms with E-state index in [0.717, 1.165) is 0 Å². The van der Waals surface area contributed by atoms with Crippen molar-refractivity contribution in [3.8, 4) is 5.75 Å². The average Bonchev–Trinajstić information content (AvgIpc) is 2.64. The predicted octanol–water partition coefficient (Wildman–Crippen LogP) is 3.40. The van der Waals surface area contributed by atoms with Gasteiger partial charge in [0.15, 0.2) is 6.61 Å². The maximum Gasteiger partial charge on any atom is 0.422 e. The molecule has 0 saturated carbocycles. The molecule has 0 fully saturated rings. The number of aromatic nitrogens is 1. The van der Waals surface area contributed by atoms with E-state index in [2.05, 4.69) is 15.0 Å². The summed E-state index contributed by atoms with van der Waals surface area (Å²) in [5, 5.41) is 3.31. The van der Waals surface area contributed by atoms with Gasteiger partial charge in [-0.2, -0.15) is 13.2 Å². The Morgan fingerprint density at radius 2 is 1.78 bits per heavy atom. The monoisotopic (exact) mass is 376 g/mol. The molecule has 0 radical (unpaired) electrons. The molecule has 0 aliphatic rings. The van der Waals surface area contributed by atoms with Crippen molar-refractivity contribution in [3.63, 3.8) is 0 Å². The van der Waals surface area contributed by atoms with Crippen LogP contribution in [-0.4, -0.2) is 23.7 Å². The second kappa shape index (κ2) is 7.53. The lowest BCUT2D eigenvalue weighted by molar-refractivity contribution is -0.153. The fraction of sp³-hybridized carbons (Fsp3) is 0.158. The van der Waals surface area contributed by atoms with Crippen LogP contribution < -0.4 is 15.6 Å². The molecule has 8 heteroatoms. The first kappa shape index (κ1) is 18.5. The van der Waals surface area contributed by atoms with Crippen molar-refractivity contribution in [2.75, 3.05) is 6.61 Å². The Morgan fingerprint density at radius 1 is 1.07 bits per heavy atom. The normalized spacial score (nSPS) is 11.4. The summed E-state index contributed by atoms with van der Waals surface area (Å²) in [6.45, 7) is -1.21. The van der Waals surface area contributed by atoms with Crippen molar-refractivity contribution < 1.29 is 22.7 Å². The third kappa shape index (κ3) is 4.87. The number of halogens is 3. The van der Waals surface area contributed by atoms with Crippen molar-refractivity contribution in [1.82, 2.24) is 10.3 Å². The molecule has 1 amide bonds. The van der Waals surface area contributed by atoms with E-state index >= 15 is 0 Å². The van der Waals surface area contributed by atoms with E-state index < -0.39 is 18.7 Å². The molecule has 140 valence electrons. The summed E-state index contributed by atoms with van der Waals surface area (Å²) in [6, 6.07) is 14.1. The van der Waals surface area contributed by atoms with Crippen LogP contribution in [0.5, 0.6) is 5.75 Å². The highest BCUT2D eigenvalue weighted by atomic mass is 19.4. The number of ether oxygens (including phenoxy) is 1. The van der Waals surface area contributed by atoms with Crippen LogP contribution >= 0.6 is 0 Å². The summed E-state index contributed by atoms with van der Waals surface area (Å²) in [5.41, 5.74) is 1.10. The van der Waals surface area contributed by atoms with Gasteiger partial charge in [0.1, 0.15) is 5.75 Å². The number of fused-ring (bicyclic) bond motifs is 1. The molecule has 0 aliphatic carbocycles. The van der Waals surface area contributed by atoms with Crippen molar-refractivity contribution in [1.29, 1.82) is 0 Å². The third-order valence-electron chi connectivity index (χ3n) is 3.77. The number of carbonyl (C=O) groups is 1. The first-order valence-electron chi connectivity index (χ1n) is 8.00. The predicted molar refractivity (Wildman–Crippen MR) is 93.7 cm³/mol. The summed E-state index contributed by atoms with van der Waals surface area (Å²) < 4.78 is 41.0. The minimum atomic E-state index is -4.40. The Morgan fingerprint density at radius 3 is 2.48 bits per heavy atom. The molecule has 2 N–H and O–H groups in total. The number of aromatic amines is 1. The summed E-state index contributed by atoms with van der Waals surface area (Å²) in [7, 11) is 0. The molecule has 0 saturated heterocycles. The molecule has 3 rings (SSSR count). The second-order valence-electron chi connectivity index (χ2n) is 5.82. The Labute approximate surface area is 151 Å². The van der Waals surface area contributed by atoms with E-state index in [-0.39, 0.29) is 23.4 Å². The van der Waals surface area contributed by atoms with Gasteiger partial charge in [0.2, 0.25) is 5.56 Å². The standard InChI is InChI=1S/C19H15F3N2O3/c20-19(21,22)11-27-13-7-5-12(6-8-13)10-23-18(26)15-9-17(25)24-16-4-2-1-3-14(15)16/h1-9H,10-11H2,(H,23,26)(H,24,25). The van der Waals surface area contributed by atoms with Gasteiger partial charge in [-0.3, -0.25) is 9.59 Å². The number of nitrogens with one attached hydrogen (secondary N) is 2. The Hall–Kier alpha value is -3.29. The fourth-order valence-corrected chi connectivity index (χ4v) is 2.54. The largest absolute Gasteiger partial charge is 0.484 e. The quantitative estimate of drug-likeness (QED) is 0.717. The van der Waals surface area contributed by atoms with Crippen LogP contribution in [0.4, 0.5) is 13.2 Å². The summed E-state index contributed by atoms with van der Waals surface area (Å²) >= 11 is 0. The van der Waals surface area contributed by atoms with E-state index in [0.29, 0.717) is 16.5 Å². The van der Waals surface area contributed by atoms with Crippen LogP contribution in [0, 0.1) is 0 Å². The number of alkyl halides is 3. The molecule has 3 aromatic rings. The maximum atomic E-state index is 12.5. The molecule has 27 heavy (non-hydrogen) atoms. The van der Waals surface area contributed by atoms with Crippen LogP contribution in [0.2, 0.25) is 0 Å². The minimum absolute atomic E-state index is 0.0861. The molecule has 0 spiro atoms. The maximum absolute atomic E-state index is 12.5. The number of hydrogen-bond acceptors (Lipinski definition) is 3. The van der Waals surface area contributed by atoms with E-state index in [1.807, 2.05) is 0 Å². The van der Waals surface area contributed by atoms with Gasteiger partial charge in [0.05, 0.1) is 5.56 Å². The molecule has 0 atom stereocenters. The van der Waals surface area contributed by atoms with E-state index in [1.165, 1.54) is 18.2 Å². The molecule has 1 heterocycles.